The first-order valence-electron chi connectivity index (χ1n) is 8.70. The number of aromatic nitrogens is 2. The van der Waals surface area contributed by atoms with E-state index >= 15 is 0 Å². The summed E-state index contributed by atoms with van der Waals surface area (Å²) in [6.07, 6.45) is 1.43. The van der Waals surface area contributed by atoms with Gasteiger partial charge in [0.25, 0.3) is 5.56 Å². The Labute approximate surface area is 157 Å². The quantitative estimate of drug-likeness (QED) is 0.690. The largest absolute Gasteiger partial charge is 0.403 e. The fourth-order valence-electron chi connectivity index (χ4n) is 2.98. The zero-order valence-electron chi connectivity index (χ0n) is 14.7. The highest BCUT2D eigenvalue weighted by molar-refractivity contribution is 5.84. The molecule has 0 aliphatic carbocycles. The van der Waals surface area contributed by atoms with E-state index < -0.39 is 17.0 Å². The first kappa shape index (κ1) is 18.1. The van der Waals surface area contributed by atoms with Gasteiger partial charge in [-0.15, -0.1) is 0 Å². The SMILES string of the molecule is O=c1cc(Cc2cccc(F)c2)c2c(=O)[nH]c(ON=C3CCOCC3)nc2o1. The van der Waals surface area contributed by atoms with Gasteiger partial charge in [-0.3, -0.25) is 9.78 Å². The lowest BCUT2D eigenvalue weighted by Crippen LogP contribution is -2.17. The summed E-state index contributed by atoms with van der Waals surface area (Å²) >= 11 is 0. The third-order valence-corrected chi connectivity index (χ3v) is 4.29. The molecule has 1 saturated heterocycles. The van der Waals surface area contributed by atoms with Gasteiger partial charge in [-0.2, -0.15) is 4.98 Å². The molecule has 3 aromatic rings. The minimum Gasteiger partial charge on any atom is -0.403 e. The Morgan fingerprint density at radius 1 is 1.21 bits per heavy atom. The van der Waals surface area contributed by atoms with Crippen LogP contribution in [0.2, 0.25) is 0 Å². The third kappa shape index (κ3) is 3.99. The maximum atomic E-state index is 13.4. The van der Waals surface area contributed by atoms with Crippen molar-refractivity contribution in [3.63, 3.8) is 0 Å². The molecule has 0 amide bonds. The van der Waals surface area contributed by atoms with Gasteiger partial charge in [0, 0.05) is 18.9 Å². The summed E-state index contributed by atoms with van der Waals surface area (Å²) < 4.78 is 23.7. The summed E-state index contributed by atoms with van der Waals surface area (Å²) in [6.45, 7) is 1.12. The van der Waals surface area contributed by atoms with Crippen LogP contribution in [0.1, 0.15) is 24.0 Å². The molecular formula is C19H16FN3O5. The number of rotatable bonds is 4. The van der Waals surface area contributed by atoms with Gasteiger partial charge in [-0.05, 0) is 29.7 Å². The molecule has 1 aliphatic heterocycles. The van der Waals surface area contributed by atoms with Crippen molar-refractivity contribution in [1.82, 2.24) is 9.97 Å². The molecule has 9 heteroatoms. The van der Waals surface area contributed by atoms with E-state index in [4.69, 9.17) is 14.0 Å². The minimum absolute atomic E-state index is 0.106. The molecule has 1 N–H and O–H groups in total. The Morgan fingerprint density at radius 3 is 2.82 bits per heavy atom. The fraction of sp³-hybridized carbons (Fsp3) is 0.263. The van der Waals surface area contributed by atoms with Crippen LogP contribution in [0.3, 0.4) is 0 Å². The number of oxime groups is 1. The van der Waals surface area contributed by atoms with Gasteiger partial charge in [0.1, 0.15) is 11.2 Å². The molecule has 1 fully saturated rings. The smallest absolute Gasteiger partial charge is 0.337 e. The molecule has 0 saturated carbocycles. The molecule has 1 aliphatic rings. The molecule has 3 heterocycles. The molecular weight excluding hydrogens is 369 g/mol. The van der Waals surface area contributed by atoms with E-state index in [1.807, 2.05) is 0 Å². The standard InChI is InChI=1S/C19H16FN3O5/c20-13-3-1-2-11(9-13)8-12-10-15(24)27-18-16(12)17(25)21-19(22-18)28-23-14-4-6-26-7-5-14/h1-3,9-10H,4-8H2,(H,21,22,25). The van der Waals surface area contributed by atoms with E-state index in [1.54, 1.807) is 12.1 Å². The number of benzene rings is 1. The van der Waals surface area contributed by atoms with Gasteiger partial charge in [-0.1, -0.05) is 17.3 Å². The van der Waals surface area contributed by atoms with Crippen LogP contribution in [0.25, 0.3) is 11.1 Å². The number of hydrogen-bond donors (Lipinski definition) is 1. The predicted molar refractivity (Wildman–Crippen MR) is 98.2 cm³/mol. The van der Waals surface area contributed by atoms with Crippen LogP contribution in [0, 0.1) is 5.82 Å². The van der Waals surface area contributed by atoms with Gasteiger partial charge >= 0.3 is 11.6 Å². The lowest BCUT2D eigenvalue weighted by Gasteiger charge is -2.12. The van der Waals surface area contributed by atoms with Crippen LogP contribution >= 0.6 is 0 Å². The van der Waals surface area contributed by atoms with E-state index in [0.717, 1.165) is 5.71 Å². The Hall–Kier alpha value is -3.33. The third-order valence-electron chi connectivity index (χ3n) is 4.29. The van der Waals surface area contributed by atoms with Crippen LogP contribution in [0.4, 0.5) is 4.39 Å². The Bertz CT molecular complexity index is 1160. The first-order chi connectivity index (χ1) is 13.6. The second kappa shape index (κ2) is 7.73. The monoisotopic (exact) mass is 385 g/mol. The maximum absolute atomic E-state index is 13.4. The van der Waals surface area contributed by atoms with Crippen molar-refractivity contribution in [3.8, 4) is 6.01 Å². The summed E-state index contributed by atoms with van der Waals surface area (Å²) in [5, 5.41) is 4.07. The summed E-state index contributed by atoms with van der Waals surface area (Å²) in [6, 6.07) is 6.94. The zero-order valence-corrected chi connectivity index (χ0v) is 14.7. The van der Waals surface area contributed by atoms with Crippen molar-refractivity contribution in [1.29, 1.82) is 0 Å². The molecule has 2 aromatic heterocycles. The van der Waals surface area contributed by atoms with Gasteiger partial charge in [0.15, 0.2) is 0 Å². The van der Waals surface area contributed by atoms with Gasteiger partial charge in [0.2, 0.25) is 5.71 Å². The average Bonchev–Trinajstić information content (AvgIpc) is 2.66. The molecule has 28 heavy (non-hydrogen) atoms. The highest BCUT2D eigenvalue weighted by Crippen LogP contribution is 2.17. The van der Waals surface area contributed by atoms with Crippen LogP contribution in [0.15, 0.2) is 49.5 Å². The topological polar surface area (TPSA) is 107 Å². The van der Waals surface area contributed by atoms with E-state index in [-0.39, 0.29) is 23.5 Å². The zero-order chi connectivity index (χ0) is 19.5. The van der Waals surface area contributed by atoms with Crippen molar-refractivity contribution in [2.75, 3.05) is 13.2 Å². The van der Waals surface area contributed by atoms with Crippen molar-refractivity contribution in [2.24, 2.45) is 5.16 Å². The van der Waals surface area contributed by atoms with Crippen LogP contribution in [-0.2, 0) is 11.2 Å². The number of halogens is 1. The Kier molecular flexibility index (Phi) is 4.98. The molecule has 4 rings (SSSR count). The van der Waals surface area contributed by atoms with Crippen molar-refractivity contribution >= 4 is 16.8 Å². The van der Waals surface area contributed by atoms with Crippen LogP contribution in [0.5, 0.6) is 6.01 Å². The number of nitrogens with zero attached hydrogens (tertiary/aromatic N) is 2. The normalized spacial score (nSPS) is 14.2. The predicted octanol–water partition coefficient (Wildman–Crippen LogP) is 2.15. The molecule has 0 radical (unpaired) electrons. The number of ether oxygens (including phenoxy) is 1. The van der Waals surface area contributed by atoms with E-state index in [1.165, 1.54) is 18.2 Å². The number of aromatic amines is 1. The Morgan fingerprint density at radius 2 is 2.04 bits per heavy atom. The summed E-state index contributed by atoms with van der Waals surface area (Å²) in [4.78, 5) is 36.2. The van der Waals surface area contributed by atoms with Crippen molar-refractivity contribution in [2.45, 2.75) is 19.3 Å². The van der Waals surface area contributed by atoms with Gasteiger partial charge in [0.05, 0.1) is 18.9 Å². The van der Waals surface area contributed by atoms with Crippen LogP contribution in [-0.4, -0.2) is 28.9 Å². The summed E-state index contributed by atoms with van der Waals surface area (Å²) in [7, 11) is 0. The van der Waals surface area contributed by atoms with E-state index in [2.05, 4.69) is 15.1 Å². The number of nitrogens with one attached hydrogen (secondary N) is 1. The second-order valence-corrected chi connectivity index (χ2v) is 6.31. The molecule has 8 nitrogen and oxygen atoms in total. The van der Waals surface area contributed by atoms with Gasteiger partial charge in [-0.25, -0.2) is 9.18 Å². The number of H-pyrrole nitrogens is 1. The first-order valence-corrected chi connectivity index (χ1v) is 8.70. The Balaban J connectivity index is 1.70. The van der Waals surface area contributed by atoms with Crippen molar-refractivity contribution < 1.29 is 18.4 Å². The molecule has 0 bridgehead atoms. The maximum Gasteiger partial charge on any atom is 0.337 e. The van der Waals surface area contributed by atoms with E-state index in [9.17, 15) is 14.0 Å². The molecule has 0 atom stereocenters. The van der Waals surface area contributed by atoms with E-state index in [0.29, 0.717) is 37.2 Å². The lowest BCUT2D eigenvalue weighted by atomic mass is 10.0. The minimum atomic E-state index is -0.668. The summed E-state index contributed by atoms with van der Waals surface area (Å²) in [5.74, 6) is -0.403. The van der Waals surface area contributed by atoms with Crippen LogP contribution < -0.4 is 16.0 Å². The molecule has 144 valence electrons. The van der Waals surface area contributed by atoms with Gasteiger partial charge < -0.3 is 14.0 Å². The molecule has 0 spiro atoms. The molecule has 1 aromatic carbocycles. The fourth-order valence-corrected chi connectivity index (χ4v) is 2.98. The van der Waals surface area contributed by atoms with Crippen molar-refractivity contribution in [3.05, 3.63) is 68.0 Å². The lowest BCUT2D eigenvalue weighted by molar-refractivity contribution is 0.132. The second-order valence-electron chi connectivity index (χ2n) is 6.31. The average molecular weight is 385 g/mol. The number of fused-ring (bicyclic) bond motifs is 1. The number of hydrogen-bond acceptors (Lipinski definition) is 7. The highest BCUT2D eigenvalue weighted by atomic mass is 19.1. The highest BCUT2D eigenvalue weighted by Gasteiger charge is 2.15. The summed E-state index contributed by atoms with van der Waals surface area (Å²) in [5.41, 5.74) is 0.409. The molecule has 0 unspecified atom stereocenters.